The van der Waals surface area contributed by atoms with E-state index in [0.29, 0.717) is 0 Å². The van der Waals surface area contributed by atoms with Crippen LogP contribution in [0, 0.1) is 6.92 Å². The molecule has 0 saturated heterocycles. The van der Waals surface area contributed by atoms with E-state index in [9.17, 15) is 0 Å². The SMILES string of the molecule is C.CC.CC.C\C=C/C=C\C(=C\C)c1ccc(C)cc1. The second-order valence-corrected chi connectivity index (χ2v) is 3.49. The van der Waals surface area contributed by atoms with Crippen molar-refractivity contribution in [2.75, 3.05) is 0 Å². The van der Waals surface area contributed by atoms with Gasteiger partial charge >= 0.3 is 0 Å². The predicted octanol–water partition coefficient (Wildman–Crippen LogP) is 7.22. The van der Waals surface area contributed by atoms with E-state index in [1.807, 2.05) is 46.8 Å². The van der Waals surface area contributed by atoms with Crippen LogP contribution in [-0.4, -0.2) is 0 Å². The van der Waals surface area contributed by atoms with Crippen LogP contribution in [0.1, 0.15) is 60.1 Å². The molecule has 0 fully saturated rings. The highest BCUT2D eigenvalue weighted by molar-refractivity contribution is 5.74. The summed E-state index contributed by atoms with van der Waals surface area (Å²) in [6.45, 7) is 14.2. The Labute approximate surface area is 127 Å². The molecule has 0 atom stereocenters. The molecule has 114 valence electrons. The summed E-state index contributed by atoms with van der Waals surface area (Å²) in [6.07, 6.45) is 10.4. The molecule has 20 heavy (non-hydrogen) atoms. The molecule has 1 aromatic carbocycles. The second-order valence-electron chi connectivity index (χ2n) is 3.49. The van der Waals surface area contributed by atoms with Crippen LogP contribution in [0.4, 0.5) is 0 Å². The average Bonchev–Trinajstić information content (AvgIpc) is 2.49. The van der Waals surface area contributed by atoms with E-state index in [1.54, 1.807) is 0 Å². The number of rotatable bonds is 3. The maximum absolute atomic E-state index is 2.16. The molecule has 0 radical (unpaired) electrons. The van der Waals surface area contributed by atoms with Gasteiger partial charge < -0.3 is 0 Å². The van der Waals surface area contributed by atoms with Crippen LogP contribution in [0.2, 0.25) is 0 Å². The lowest BCUT2D eigenvalue weighted by Crippen LogP contribution is -1.80. The normalized spacial score (nSPS) is 10.2. The fraction of sp³-hybridized carbons (Fsp3) is 0.400. The average molecular weight is 274 g/mol. The van der Waals surface area contributed by atoms with Gasteiger partial charge in [-0.05, 0) is 31.9 Å². The number of benzene rings is 1. The molecule has 0 unspecified atom stereocenters. The maximum atomic E-state index is 2.16. The van der Waals surface area contributed by atoms with Gasteiger partial charge in [0.1, 0.15) is 0 Å². The molecular formula is C20H34. The highest BCUT2D eigenvalue weighted by Crippen LogP contribution is 2.16. The zero-order chi connectivity index (χ0) is 15.1. The number of hydrogen-bond donors (Lipinski definition) is 0. The van der Waals surface area contributed by atoms with Gasteiger partial charge in [-0.3, -0.25) is 0 Å². The standard InChI is InChI=1S/C15H18.2C2H6.CH4/c1-4-6-7-8-14(5-2)15-11-9-13(3)10-12-15;2*1-2;/h4-12H,1-3H3;2*1-2H3;1H4/b6-4-,8-7-,14-5-;;;. The first-order valence-corrected chi connectivity index (χ1v) is 7.30. The molecule has 0 aliphatic carbocycles. The van der Waals surface area contributed by atoms with Crippen molar-refractivity contribution in [1.29, 1.82) is 0 Å². The van der Waals surface area contributed by atoms with Gasteiger partial charge in [0.15, 0.2) is 0 Å². The Kier molecular flexibility index (Phi) is 20.5. The van der Waals surface area contributed by atoms with Crippen molar-refractivity contribution in [2.24, 2.45) is 0 Å². The largest absolute Gasteiger partial charge is 0.0877 e. The third-order valence-corrected chi connectivity index (χ3v) is 2.28. The van der Waals surface area contributed by atoms with Crippen LogP contribution in [0.15, 0.2) is 54.6 Å². The lowest BCUT2D eigenvalue weighted by atomic mass is 10.0. The summed E-state index contributed by atoms with van der Waals surface area (Å²) in [5.41, 5.74) is 3.82. The van der Waals surface area contributed by atoms with Crippen LogP contribution in [0.5, 0.6) is 0 Å². The molecule has 0 N–H and O–H groups in total. The van der Waals surface area contributed by atoms with Gasteiger partial charge in [-0.2, -0.15) is 0 Å². The quantitative estimate of drug-likeness (QED) is 0.510. The van der Waals surface area contributed by atoms with Gasteiger partial charge in [-0.15, -0.1) is 0 Å². The van der Waals surface area contributed by atoms with Gasteiger partial charge in [0.05, 0.1) is 0 Å². The first-order valence-electron chi connectivity index (χ1n) is 7.30. The van der Waals surface area contributed by atoms with Gasteiger partial charge in [0.25, 0.3) is 0 Å². The molecule has 1 rings (SSSR count). The Morgan fingerprint density at radius 1 is 0.850 bits per heavy atom. The second kappa shape index (κ2) is 17.4. The maximum Gasteiger partial charge on any atom is -0.0187 e. The molecule has 0 heterocycles. The molecule has 0 bridgehead atoms. The fourth-order valence-electron chi connectivity index (χ4n) is 1.38. The van der Waals surface area contributed by atoms with E-state index in [2.05, 4.69) is 56.3 Å². The van der Waals surface area contributed by atoms with Crippen LogP contribution in [0.3, 0.4) is 0 Å². The van der Waals surface area contributed by atoms with Crippen molar-refractivity contribution in [2.45, 2.75) is 55.9 Å². The Hall–Kier alpha value is -1.56. The van der Waals surface area contributed by atoms with E-state index in [0.717, 1.165) is 0 Å². The Morgan fingerprint density at radius 2 is 1.35 bits per heavy atom. The minimum Gasteiger partial charge on any atom is -0.0877 e. The Bertz CT molecular complexity index is 375. The number of aryl methyl sites for hydroxylation is 1. The molecule has 0 amide bonds. The van der Waals surface area contributed by atoms with Crippen LogP contribution in [-0.2, 0) is 0 Å². The van der Waals surface area contributed by atoms with Crippen molar-refractivity contribution in [3.63, 3.8) is 0 Å². The predicted molar refractivity (Wildman–Crippen MR) is 98.2 cm³/mol. The molecule has 0 aliphatic rings. The van der Waals surface area contributed by atoms with Gasteiger partial charge in [0, 0.05) is 0 Å². The first-order chi connectivity index (χ1) is 9.27. The Morgan fingerprint density at radius 3 is 1.75 bits per heavy atom. The van der Waals surface area contributed by atoms with Crippen molar-refractivity contribution in [3.05, 3.63) is 65.8 Å². The van der Waals surface area contributed by atoms with Crippen LogP contribution < -0.4 is 0 Å². The lowest BCUT2D eigenvalue weighted by molar-refractivity contribution is 1.45. The minimum absolute atomic E-state index is 0. The summed E-state index contributed by atoms with van der Waals surface area (Å²) < 4.78 is 0. The monoisotopic (exact) mass is 274 g/mol. The van der Waals surface area contributed by atoms with Crippen molar-refractivity contribution in [1.82, 2.24) is 0 Å². The van der Waals surface area contributed by atoms with E-state index in [1.165, 1.54) is 16.7 Å². The molecule has 0 aromatic heterocycles. The first kappa shape index (κ1) is 23.5. The summed E-state index contributed by atoms with van der Waals surface area (Å²) in [5.74, 6) is 0. The molecule has 0 nitrogen and oxygen atoms in total. The molecule has 0 aliphatic heterocycles. The third kappa shape index (κ3) is 10.4. The summed E-state index contributed by atoms with van der Waals surface area (Å²) >= 11 is 0. The molecule has 1 aromatic rings. The van der Waals surface area contributed by atoms with E-state index < -0.39 is 0 Å². The molecule has 0 saturated carbocycles. The van der Waals surface area contributed by atoms with E-state index >= 15 is 0 Å². The van der Waals surface area contributed by atoms with E-state index in [4.69, 9.17) is 0 Å². The highest BCUT2D eigenvalue weighted by Gasteiger charge is 1.94. The topological polar surface area (TPSA) is 0 Å². The van der Waals surface area contributed by atoms with Crippen molar-refractivity contribution >= 4 is 5.57 Å². The zero-order valence-corrected chi connectivity index (χ0v) is 13.7. The van der Waals surface area contributed by atoms with Crippen molar-refractivity contribution in [3.8, 4) is 0 Å². The summed E-state index contributed by atoms with van der Waals surface area (Å²) in [7, 11) is 0. The van der Waals surface area contributed by atoms with Crippen molar-refractivity contribution < 1.29 is 0 Å². The summed E-state index contributed by atoms with van der Waals surface area (Å²) in [5, 5.41) is 0. The van der Waals surface area contributed by atoms with Crippen LogP contribution in [0.25, 0.3) is 5.57 Å². The summed E-state index contributed by atoms with van der Waals surface area (Å²) in [6, 6.07) is 8.60. The fourth-order valence-corrected chi connectivity index (χ4v) is 1.38. The molecule has 0 spiro atoms. The minimum atomic E-state index is 0. The Balaban J connectivity index is -0.000000529. The number of allylic oxidation sites excluding steroid dienone is 6. The highest BCUT2D eigenvalue weighted by atomic mass is 14.0. The summed E-state index contributed by atoms with van der Waals surface area (Å²) in [4.78, 5) is 0. The lowest BCUT2D eigenvalue weighted by Gasteiger charge is -2.01. The van der Waals surface area contributed by atoms with Gasteiger partial charge in [-0.1, -0.05) is 95.3 Å². The third-order valence-electron chi connectivity index (χ3n) is 2.28. The zero-order valence-electron chi connectivity index (χ0n) is 13.7. The number of hydrogen-bond acceptors (Lipinski definition) is 0. The smallest absolute Gasteiger partial charge is 0.0187 e. The molecule has 0 heteroatoms. The molecular weight excluding hydrogens is 240 g/mol. The van der Waals surface area contributed by atoms with Crippen LogP contribution >= 0.6 is 0 Å². The van der Waals surface area contributed by atoms with E-state index in [-0.39, 0.29) is 7.43 Å². The van der Waals surface area contributed by atoms with Gasteiger partial charge in [0.2, 0.25) is 0 Å². The van der Waals surface area contributed by atoms with Gasteiger partial charge in [-0.25, -0.2) is 0 Å².